The smallest absolute Gasteiger partial charge is 0.325 e. The van der Waals surface area contributed by atoms with Crippen LogP contribution in [0.15, 0.2) is 37.7 Å². The molecule has 128 valence electrons. The number of aliphatic imine (C=N–C) groups is 1. The number of rotatable bonds is 5. The van der Waals surface area contributed by atoms with E-state index < -0.39 is 23.8 Å². The minimum absolute atomic E-state index is 0.101. The molecule has 0 saturated carbocycles. The number of allylic oxidation sites excluding steroid dienone is 1. The van der Waals surface area contributed by atoms with Crippen LogP contribution in [0.2, 0.25) is 0 Å². The molecule has 0 bridgehead atoms. The number of hydrazone groups is 1. The molecular weight excluding hydrogens is 324 g/mol. The minimum atomic E-state index is -2.96. The molecular formula is C14H15F2N5O3. The molecule has 0 radical (unpaired) electrons. The van der Waals surface area contributed by atoms with Gasteiger partial charge in [0.1, 0.15) is 5.71 Å². The average Bonchev–Trinajstić information content (AvgIpc) is 3.01. The highest BCUT2D eigenvalue weighted by Gasteiger charge is 2.32. The second kappa shape index (κ2) is 6.02. The summed E-state index contributed by atoms with van der Waals surface area (Å²) in [5, 5.41) is 5.74. The molecule has 0 aromatic carbocycles. The van der Waals surface area contributed by atoms with Gasteiger partial charge < -0.3 is 9.72 Å². The zero-order valence-electron chi connectivity index (χ0n) is 12.8. The Morgan fingerprint density at radius 2 is 2.21 bits per heavy atom. The maximum absolute atomic E-state index is 13.4. The third-order valence-corrected chi connectivity index (χ3v) is 3.59. The van der Waals surface area contributed by atoms with E-state index in [1.165, 1.54) is 24.2 Å². The van der Waals surface area contributed by atoms with Crippen LogP contribution in [-0.2, 0) is 4.74 Å². The summed E-state index contributed by atoms with van der Waals surface area (Å²) in [6.45, 7) is 1.46. The Bertz CT molecular complexity index is 852. The normalized spacial score (nSPS) is 17.1. The molecule has 1 aromatic rings. The van der Waals surface area contributed by atoms with Crippen molar-refractivity contribution in [3.05, 3.63) is 44.4 Å². The van der Waals surface area contributed by atoms with Crippen molar-refractivity contribution in [3.63, 3.8) is 0 Å². The molecule has 2 aliphatic heterocycles. The summed E-state index contributed by atoms with van der Waals surface area (Å²) < 4.78 is 32.1. The number of halogens is 2. The van der Waals surface area contributed by atoms with Gasteiger partial charge in [-0.1, -0.05) is 6.92 Å². The number of aromatic nitrogens is 2. The van der Waals surface area contributed by atoms with Gasteiger partial charge in [-0.2, -0.15) is 5.10 Å². The fourth-order valence-electron chi connectivity index (χ4n) is 2.21. The van der Waals surface area contributed by atoms with Gasteiger partial charge >= 0.3 is 5.69 Å². The van der Waals surface area contributed by atoms with Crippen LogP contribution in [0.1, 0.15) is 18.9 Å². The van der Waals surface area contributed by atoms with E-state index >= 15 is 0 Å². The highest BCUT2D eigenvalue weighted by Crippen LogP contribution is 2.23. The number of fused-ring (bicyclic) bond motifs is 1. The van der Waals surface area contributed by atoms with E-state index in [0.29, 0.717) is 18.9 Å². The molecule has 0 fully saturated rings. The van der Waals surface area contributed by atoms with Gasteiger partial charge in [0.15, 0.2) is 18.2 Å². The second-order valence-electron chi connectivity index (χ2n) is 5.31. The van der Waals surface area contributed by atoms with Gasteiger partial charge in [-0.05, 0) is 0 Å². The molecule has 0 amide bonds. The van der Waals surface area contributed by atoms with Gasteiger partial charge in [0.2, 0.25) is 0 Å². The first-order chi connectivity index (χ1) is 11.4. The Labute approximate surface area is 134 Å². The Morgan fingerprint density at radius 1 is 1.42 bits per heavy atom. The van der Waals surface area contributed by atoms with Crippen LogP contribution in [0.3, 0.4) is 0 Å². The molecule has 3 rings (SSSR count). The summed E-state index contributed by atoms with van der Waals surface area (Å²) in [6, 6.07) is 0. The number of hydrogen-bond acceptors (Lipinski definition) is 6. The van der Waals surface area contributed by atoms with E-state index in [1.807, 2.05) is 0 Å². The molecule has 2 aliphatic rings. The molecule has 0 unspecified atom stereocenters. The monoisotopic (exact) mass is 339 g/mol. The first-order valence-electron chi connectivity index (χ1n) is 7.35. The second-order valence-corrected chi connectivity index (χ2v) is 5.31. The third-order valence-electron chi connectivity index (χ3n) is 3.59. The van der Waals surface area contributed by atoms with E-state index in [0.717, 1.165) is 0 Å². The van der Waals surface area contributed by atoms with E-state index in [9.17, 15) is 18.4 Å². The number of nitrogens with one attached hydrogen (secondary N) is 2. The SMILES string of the molecule is CCC(F)(F)COC1=CC(c2c[nH]c(=O)[nH]c2=O)=NN2CCN=C12. The lowest BCUT2D eigenvalue weighted by Gasteiger charge is -2.24. The summed E-state index contributed by atoms with van der Waals surface area (Å²) in [5.74, 6) is -2.49. The van der Waals surface area contributed by atoms with Crippen LogP contribution in [0.5, 0.6) is 0 Å². The average molecular weight is 339 g/mol. The van der Waals surface area contributed by atoms with Crippen molar-refractivity contribution >= 4 is 11.5 Å². The van der Waals surface area contributed by atoms with Gasteiger partial charge in [-0.15, -0.1) is 0 Å². The highest BCUT2D eigenvalue weighted by atomic mass is 19.3. The Hall–Kier alpha value is -2.78. The lowest BCUT2D eigenvalue weighted by atomic mass is 10.1. The maximum Gasteiger partial charge on any atom is 0.325 e. The van der Waals surface area contributed by atoms with Gasteiger partial charge in [-0.3, -0.25) is 14.8 Å². The van der Waals surface area contributed by atoms with Crippen LogP contribution >= 0.6 is 0 Å². The Morgan fingerprint density at radius 3 is 2.92 bits per heavy atom. The zero-order valence-corrected chi connectivity index (χ0v) is 12.8. The van der Waals surface area contributed by atoms with Gasteiger partial charge in [0, 0.05) is 18.7 Å². The summed E-state index contributed by atoms with van der Waals surface area (Å²) in [5.41, 5.74) is -0.981. The van der Waals surface area contributed by atoms with Crippen molar-refractivity contribution in [2.75, 3.05) is 19.7 Å². The molecule has 0 aliphatic carbocycles. The van der Waals surface area contributed by atoms with Gasteiger partial charge in [0.05, 0.1) is 18.7 Å². The Balaban J connectivity index is 1.94. The zero-order chi connectivity index (χ0) is 17.3. The molecule has 1 aromatic heterocycles. The molecule has 24 heavy (non-hydrogen) atoms. The predicted molar refractivity (Wildman–Crippen MR) is 82.5 cm³/mol. The highest BCUT2D eigenvalue weighted by molar-refractivity contribution is 6.15. The van der Waals surface area contributed by atoms with Crippen molar-refractivity contribution in [3.8, 4) is 0 Å². The van der Waals surface area contributed by atoms with Crippen LogP contribution < -0.4 is 11.2 Å². The first-order valence-corrected chi connectivity index (χ1v) is 7.35. The number of H-pyrrole nitrogens is 2. The number of aromatic amines is 2. The summed E-state index contributed by atoms with van der Waals surface area (Å²) in [7, 11) is 0. The fraction of sp³-hybridized carbons (Fsp3) is 0.429. The molecule has 2 N–H and O–H groups in total. The lowest BCUT2D eigenvalue weighted by Crippen LogP contribution is -2.35. The van der Waals surface area contributed by atoms with Gasteiger partial charge in [0.25, 0.3) is 11.5 Å². The van der Waals surface area contributed by atoms with Crippen molar-refractivity contribution in [2.45, 2.75) is 19.3 Å². The number of ether oxygens (including phenoxy) is 1. The number of nitrogens with zero attached hydrogens (tertiary/aromatic N) is 3. The minimum Gasteiger partial charge on any atom is -0.483 e. The quantitative estimate of drug-likeness (QED) is 0.812. The van der Waals surface area contributed by atoms with Gasteiger partial charge in [-0.25, -0.2) is 18.6 Å². The number of alkyl halides is 2. The van der Waals surface area contributed by atoms with E-state index in [4.69, 9.17) is 4.74 Å². The predicted octanol–water partition coefficient (Wildman–Crippen LogP) is 0.441. The van der Waals surface area contributed by atoms with Crippen molar-refractivity contribution in [2.24, 2.45) is 10.1 Å². The van der Waals surface area contributed by atoms with Crippen LogP contribution in [0.4, 0.5) is 8.78 Å². The fourth-order valence-corrected chi connectivity index (χ4v) is 2.21. The standard InChI is InChI=1S/C14H15F2N5O3/c1-2-14(15,16)7-24-10-5-9(20-21-4-3-17-11(10)21)8-6-18-13(23)19-12(8)22/h5-6H,2-4,7H2,1H3,(H2,18,19,22,23). The van der Waals surface area contributed by atoms with Crippen LogP contribution in [0.25, 0.3) is 0 Å². The largest absolute Gasteiger partial charge is 0.483 e. The third kappa shape index (κ3) is 3.12. The first kappa shape index (κ1) is 16.1. The summed E-state index contributed by atoms with van der Waals surface area (Å²) in [4.78, 5) is 31.6. The van der Waals surface area contributed by atoms with E-state index in [2.05, 4.69) is 20.1 Å². The lowest BCUT2D eigenvalue weighted by molar-refractivity contribution is -0.0598. The van der Waals surface area contributed by atoms with Crippen LogP contribution in [0, 0.1) is 0 Å². The summed E-state index contributed by atoms with van der Waals surface area (Å²) >= 11 is 0. The number of hydrogen-bond donors (Lipinski definition) is 2. The molecule has 0 saturated heterocycles. The van der Waals surface area contributed by atoms with Crippen molar-refractivity contribution in [1.82, 2.24) is 15.0 Å². The van der Waals surface area contributed by atoms with Crippen molar-refractivity contribution < 1.29 is 13.5 Å². The van der Waals surface area contributed by atoms with E-state index in [1.54, 1.807) is 0 Å². The molecule has 10 heteroatoms. The molecule has 3 heterocycles. The molecule has 8 nitrogen and oxygen atoms in total. The van der Waals surface area contributed by atoms with Crippen molar-refractivity contribution in [1.29, 1.82) is 0 Å². The van der Waals surface area contributed by atoms with Crippen LogP contribution in [-0.4, -0.2) is 52.1 Å². The topological polar surface area (TPSA) is 103 Å². The van der Waals surface area contributed by atoms with E-state index in [-0.39, 0.29) is 23.5 Å². The Kier molecular flexibility index (Phi) is 4.04. The number of amidine groups is 1. The molecule has 0 atom stereocenters. The summed E-state index contributed by atoms with van der Waals surface area (Å²) in [6.07, 6.45) is 2.24. The maximum atomic E-state index is 13.4. The molecule has 0 spiro atoms.